The number of carbonyl (C=O) groups excluding carboxylic acids is 1. The van der Waals surface area contributed by atoms with Crippen LogP contribution in [0.4, 0.5) is 0 Å². The Morgan fingerprint density at radius 3 is 2.76 bits per heavy atom. The fraction of sp³-hybridized carbons (Fsp3) is 0.222. The lowest BCUT2D eigenvalue weighted by Gasteiger charge is -2.20. The smallest absolute Gasteiger partial charge is 0.251 e. The van der Waals surface area contributed by atoms with Gasteiger partial charge in [-0.05, 0) is 54.4 Å². The van der Waals surface area contributed by atoms with Gasteiger partial charge in [-0.2, -0.15) is 0 Å². The van der Waals surface area contributed by atoms with Crippen LogP contribution in [0.25, 0.3) is 10.9 Å². The normalized spacial score (nSPS) is 13.0. The quantitative estimate of drug-likeness (QED) is 0.394. The van der Waals surface area contributed by atoms with Gasteiger partial charge in [0.1, 0.15) is 0 Å². The van der Waals surface area contributed by atoms with Gasteiger partial charge in [0, 0.05) is 35.1 Å². The van der Waals surface area contributed by atoms with Gasteiger partial charge >= 0.3 is 0 Å². The number of methoxy groups -OCH3 is 1. The maximum Gasteiger partial charge on any atom is 0.251 e. The molecular weight excluding hydrogens is 432 g/mol. The number of ether oxygens (including phenoxy) is 4. The van der Waals surface area contributed by atoms with Gasteiger partial charge in [0.05, 0.1) is 13.7 Å². The number of aromatic amines is 1. The summed E-state index contributed by atoms with van der Waals surface area (Å²) in [5, 5.41) is 4.21. The number of aromatic nitrogens is 1. The predicted molar refractivity (Wildman–Crippen MR) is 129 cm³/mol. The molecule has 1 atom stereocenters. The number of rotatable bonds is 8. The third kappa shape index (κ3) is 4.12. The average Bonchev–Trinajstić information content (AvgIpc) is 3.52. The molecule has 34 heavy (non-hydrogen) atoms. The second kappa shape index (κ2) is 9.39. The van der Waals surface area contributed by atoms with Crippen LogP contribution in [0, 0.1) is 0 Å². The molecule has 4 aromatic rings. The summed E-state index contributed by atoms with van der Waals surface area (Å²) in [5.74, 6) is 2.29. The van der Waals surface area contributed by atoms with Crippen molar-refractivity contribution in [3.05, 3.63) is 83.6 Å². The third-order valence-electron chi connectivity index (χ3n) is 5.99. The molecule has 0 bridgehead atoms. The number of nitrogens with one attached hydrogen (secondary N) is 2. The lowest BCUT2D eigenvalue weighted by Crippen LogP contribution is -2.29. The van der Waals surface area contributed by atoms with Crippen molar-refractivity contribution >= 4 is 16.8 Å². The SMILES string of the molecule is CCOc1ccc([C@H](CNC(=O)c2ccc3c(c2)OCO3)c2c[nH]c3ccccc23)cc1OC. The van der Waals surface area contributed by atoms with Gasteiger partial charge in [-0.25, -0.2) is 0 Å². The number of benzene rings is 3. The second-order valence-corrected chi connectivity index (χ2v) is 7.96. The summed E-state index contributed by atoms with van der Waals surface area (Å²) >= 11 is 0. The molecule has 0 radical (unpaired) electrons. The molecule has 0 saturated heterocycles. The van der Waals surface area contributed by atoms with Crippen LogP contribution < -0.4 is 24.3 Å². The highest BCUT2D eigenvalue weighted by Crippen LogP contribution is 2.36. The van der Waals surface area contributed by atoms with Crippen molar-refractivity contribution in [3.63, 3.8) is 0 Å². The number of amides is 1. The molecule has 0 unspecified atom stereocenters. The van der Waals surface area contributed by atoms with Crippen molar-refractivity contribution in [1.82, 2.24) is 10.3 Å². The highest BCUT2D eigenvalue weighted by atomic mass is 16.7. The van der Waals surface area contributed by atoms with Gasteiger partial charge in [-0.15, -0.1) is 0 Å². The van der Waals surface area contributed by atoms with E-state index >= 15 is 0 Å². The number of para-hydroxylation sites is 1. The Labute approximate surface area is 197 Å². The molecule has 1 aliphatic rings. The van der Waals surface area contributed by atoms with E-state index in [-0.39, 0.29) is 18.6 Å². The van der Waals surface area contributed by atoms with Gasteiger partial charge in [0.25, 0.3) is 5.91 Å². The average molecular weight is 459 g/mol. The molecule has 1 aliphatic heterocycles. The first-order valence-corrected chi connectivity index (χ1v) is 11.2. The molecule has 7 nitrogen and oxygen atoms in total. The lowest BCUT2D eigenvalue weighted by atomic mass is 9.90. The lowest BCUT2D eigenvalue weighted by molar-refractivity contribution is 0.0952. The van der Waals surface area contributed by atoms with E-state index < -0.39 is 0 Å². The fourth-order valence-corrected chi connectivity index (χ4v) is 4.30. The van der Waals surface area contributed by atoms with Crippen LogP contribution >= 0.6 is 0 Å². The molecule has 0 fully saturated rings. The standard InChI is InChI=1S/C27H26N2O5/c1-3-32-23-10-8-17(12-25(23)31-2)20(21-15-28-22-7-5-4-6-19(21)22)14-29-27(30)18-9-11-24-26(13-18)34-16-33-24/h4-13,15,20,28H,3,14,16H2,1-2H3,(H,29,30)/t20-/m0/s1. The van der Waals surface area contributed by atoms with E-state index in [9.17, 15) is 4.79 Å². The monoisotopic (exact) mass is 458 g/mol. The molecule has 7 heteroatoms. The summed E-state index contributed by atoms with van der Waals surface area (Å²) in [7, 11) is 1.63. The Bertz CT molecular complexity index is 1330. The number of H-pyrrole nitrogens is 1. The van der Waals surface area contributed by atoms with E-state index in [1.807, 2.05) is 49.5 Å². The van der Waals surface area contributed by atoms with Crippen LogP contribution in [0.15, 0.2) is 66.9 Å². The molecule has 3 aromatic carbocycles. The van der Waals surface area contributed by atoms with Crippen LogP contribution in [0.2, 0.25) is 0 Å². The first kappa shape index (κ1) is 21.7. The van der Waals surface area contributed by atoms with Crippen molar-refractivity contribution in [1.29, 1.82) is 0 Å². The molecule has 174 valence electrons. The second-order valence-electron chi connectivity index (χ2n) is 7.96. The first-order valence-electron chi connectivity index (χ1n) is 11.2. The molecule has 1 aromatic heterocycles. The van der Waals surface area contributed by atoms with Crippen LogP contribution in [0.1, 0.15) is 34.3 Å². The predicted octanol–water partition coefficient (Wildman–Crippen LogP) is 4.87. The minimum absolute atomic E-state index is 0.112. The highest BCUT2D eigenvalue weighted by molar-refractivity contribution is 5.95. The van der Waals surface area contributed by atoms with Gasteiger partial charge in [0.2, 0.25) is 6.79 Å². The van der Waals surface area contributed by atoms with E-state index in [2.05, 4.69) is 16.4 Å². The molecule has 1 amide bonds. The molecular formula is C27H26N2O5. The molecule has 0 spiro atoms. The number of carbonyl (C=O) groups is 1. The summed E-state index contributed by atoms with van der Waals surface area (Å²) in [6, 6.07) is 19.3. The Kier molecular flexibility index (Phi) is 5.99. The molecule has 2 heterocycles. The maximum atomic E-state index is 13.0. The maximum absolute atomic E-state index is 13.0. The summed E-state index contributed by atoms with van der Waals surface area (Å²) in [5.41, 5.74) is 3.66. The fourth-order valence-electron chi connectivity index (χ4n) is 4.30. The number of fused-ring (bicyclic) bond motifs is 2. The Morgan fingerprint density at radius 1 is 1.06 bits per heavy atom. The van der Waals surface area contributed by atoms with Crippen LogP contribution in [0.5, 0.6) is 23.0 Å². The Balaban J connectivity index is 1.47. The van der Waals surface area contributed by atoms with Gasteiger partial charge in [-0.1, -0.05) is 24.3 Å². The minimum atomic E-state index is -0.180. The van der Waals surface area contributed by atoms with Crippen molar-refractivity contribution < 1.29 is 23.7 Å². The van der Waals surface area contributed by atoms with Crippen molar-refractivity contribution in [3.8, 4) is 23.0 Å². The van der Waals surface area contributed by atoms with E-state index in [1.54, 1.807) is 25.3 Å². The zero-order chi connectivity index (χ0) is 23.5. The van der Waals surface area contributed by atoms with Crippen LogP contribution in [-0.2, 0) is 0 Å². The van der Waals surface area contributed by atoms with E-state index in [0.717, 1.165) is 22.0 Å². The largest absolute Gasteiger partial charge is 0.493 e. The molecule has 0 saturated carbocycles. The molecule has 2 N–H and O–H groups in total. The zero-order valence-corrected chi connectivity index (χ0v) is 19.1. The number of hydrogen-bond acceptors (Lipinski definition) is 5. The van der Waals surface area contributed by atoms with Gasteiger partial charge in [0.15, 0.2) is 23.0 Å². The Morgan fingerprint density at radius 2 is 1.91 bits per heavy atom. The van der Waals surface area contributed by atoms with Crippen LogP contribution in [-0.4, -0.2) is 37.9 Å². The van der Waals surface area contributed by atoms with Crippen molar-refractivity contribution in [2.75, 3.05) is 27.1 Å². The van der Waals surface area contributed by atoms with Gasteiger partial charge < -0.3 is 29.2 Å². The summed E-state index contributed by atoms with van der Waals surface area (Å²) in [4.78, 5) is 16.4. The Hall–Kier alpha value is -4.13. The number of hydrogen-bond donors (Lipinski definition) is 2. The van der Waals surface area contributed by atoms with Crippen molar-refractivity contribution in [2.45, 2.75) is 12.8 Å². The molecule has 0 aliphatic carbocycles. The van der Waals surface area contributed by atoms with Crippen molar-refractivity contribution in [2.24, 2.45) is 0 Å². The zero-order valence-electron chi connectivity index (χ0n) is 19.1. The van der Waals surface area contributed by atoms with Crippen LogP contribution in [0.3, 0.4) is 0 Å². The third-order valence-corrected chi connectivity index (χ3v) is 5.99. The summed E-state index contributed by atoms with van der Waals surface area (Å²) in [6.07, 6.45) is 2.00. The summed E-state index contributed by atoms with van der Waals surface area (Å²) < 4.78 is 22.0. The van der Waals surface area contributed by atoms with E-state index in [4.69, 9.17) is 18.9 Å². The van der Waals surface area contributed by atoms with Gasteiger partial charge in [-0.3, -0.25) is 4.79 Å². The minimum Gasteiger partial charge on any atom is -0.493 e. The summed E-state index contributed by atoms with van der Waals surface area (Å²) in [6.45, 7) is 3.05. The van der Waals surface area contributed by atoms with E-state index in [0.29, 0.717) is 41.7 Å². The molecule has 5 rings (SSSR count). The van der Waals surface area contributed by atoms with E-state index in [1.165, 1.54) is 0 Å². The highest BCUT2D eigenvalue weighted by Gasteiger charge is 2.22. The topological polar surface area (TPSA) is 81.8 Å². The first-order chi connectivity index (χ1) is 16.7.